The number of rotatable bonds is 5. The predicted octanol–water partition coefficient (Wildman–Crippen LogP) is 2.50. The van der Waals surface area contributed by atoms with Crippen LogP contribution in [0.25, 0.3) is 0 Å². The molecule has 1 aliphatic heterocycles. The highest BCUT2D eigenvalue weighted by atomic mass is 19.4. The van der Waals surface area contributed by atoms with Gasteiger partial charge in [0.2, 0.25) is 5.91 Å². The van der Waals surface area contributed by atoms with Crippen LogP contribution in [-0.4, -0.2) is 58.2 Å². The van der Waals surface area contributed by atoms with Crippen molar-refractivity contribution in [2.45, 2.75) is 19.6 Å². The van der Waals surface area contributed by atoms with Crippen LogP contribution in [0.2, 0.25) is 0 Å². The fraction of sp³-hybridized carbons (Fsp3) is 0.474. The third kappa shape index (κ3) is 5.32. The summed E-state index contributed by atoms with van der Waals surface area (Å²) in [6.07, 6.45) is -4.32. The molecule has 1 aromatic heterocycles. The Hall–Kier alpha value is -2.39. The van der Waals surface area contributed by atoms with Crippen molar-refractivity contribution in [3.05, 3.63) is 47.2 Å². The van der Waals surface area contributed by atoms with Crippen LogP contribution in [0.3, 0.4) is 0 Å². The van der Waals surface area contributed by atoms with Crippen LogP contribution in [0.5, 0.6) is 0 Å². The molecule has 3 rings (SSSR count). The lowest BCUT2D eigenvalue weighted by molar-refractivity contribution is -0.137. The number of aromatic nitrogens is 2. The lowest BCUT2D eigenvalue weighted by atomic mass is 10.1. The van der Waals surface area contributed by atoms with Crippen molar-refractivity contribution in [2.24, 2.45) is 7.05 Å². The number of nitrogens with one attached hydrogen (secondary N) is 1. The van der Waals surface area contributed by atoms with Crippen molar-refractivity contribution in [3.8, 4) is 0 Å². The van der Waals surface area contributed by atoms with Gasteiger partial charge in [0.25, 0.3) is 0 Å². The normalized spacial score (nSPS) is 16.3. The first kappa shape index (κ1) is 20.3. The summed E-state index contributed by atoms with van der Waals surface area (Å²) in [5.41, 5.74) is 0.860. The molecule has 2 heterocycles. The van der Waals surface area contributed by atoms with E-state index in [4.69, 9.17) is 0 Å². The van der Waals surface area contributed by atoms with Crippen LogP contribution in [0.15, 0.2) is 30.3 Å². The summed E-state index contributed by atoms with van der Waals surface area (Å²) >= 11 is 0. The molecular formula is C19H24F3N5O. The molecule has 152 valence electrons. The third-order valence-corrected chi connectivity index (χ3v) is 4.76. The van der Waals surface area contributed by atoms with Crippen molar-refractivity contribution < 1.29 is 18.0 Å². The molecule has 1 saturated heterocycles. The summed E-state index contributed by atoms with van der Waals surface area (Å²) in [6, 6.07) is 7.26. The van der Waals surface area contributed by atoms with Crippen LogP contribution >= 0.6 is 0 Å². The van der Waals surface area contributed by atoms with E-state index in [-0.39, 0.29) is 12.5 Å². The minimum atomic E-state index is -4.32. The number of nitrogens with zero attached hydrogens (tertiary/aromatic N) is 4. The first-order valence-electron chi connectivity index (χ1n) is 9.12. The quantitative estimate of drug-likeness (QED) is 0.845. The number of aryl methyl sites for hydroxylation is 2. The monoisotopic (exact) mass is 395 g/mol. The fourth-order valence-electron chi connectivity index (χ4n) is 3.32. The smallest absolute Gasteiger partial charge is 0.310 e. The van der Waals surface area contributed by atoms with Gasteiger partial charge in [-0.05, 0) is 18.6 Å². The Bertz CT molecular complexity index is 825. The number of carbonyl (C=O) groups is 1. The molecule has 0 unspecified atom stereocenters. The summed E-state index contributed by atoms with van der Waals surface area (Å²) in [4.78, 5) is 16.4. The largest absolute Gasteiger partial charge is 0.416 e. The van der Waals surface area contributed by atoms with Gasteiger partial charge in [0.1, 0.15) is 5.82 Å². The van der Waals surface area contributed by atoms with E-state index in [1.54, 1.807) is 17.8 Å². The Kier molecular flexibility index (Phi) is 6.04. The zero-order valence-electron chi connectivity index (χ0n) is 16.0. The van der Waals surface area contributed by atoms with Crippen LogP contribution in [0.1, 0.15) is 16.8 Å². The molecule has 1 N–H and O–H groups in total. The number of halogens is 3. The first-order chi connectivity index (χ1) is 13.2. The van der Waals surface area contributed by atoms with Gasteiger partial charge in [0.05, 0.1) is 17.8 Å². The van der Waals surface area contributed by atoms with E-state index in [0.29, 0.717) is 44.1 Å². The second-order valence-corrected chi connectivity index (χ2v) is 7.09. The Balaban J connectivity index is 1.47. The number of amides is 1. The number of benzene rings is 1. The van der Waals surface area contributed by atoms with Gasteiger partial charge in [-0.2, -0.15) is 18.3 Å². The van der Waals surface area contributed by atoms with Gasteiger partial charge in [0.15, 0.2) is 0 Å². The molecule has 28 heavy (non-hydrogen) atoms. The van der Waals surface area contributed by atoms with Gasteiger partial charge in [-0.1, -0.05) is 18.2 Å². The molecule has 0 radical (unpaired) electrons. The Morgan fingerprint density at radius 2 is 1.82 bits per heavy atom. The lowest BCUT2D eigenvalue weighted by Crippen LogP contribution is -2.48. The van der Waals surface area contributed by atoms with Gasteiger partial charge in [-0.3, -0.25) is 19.3 Å². The molecule has 0 atom stereocenters. The summed E-state index contributed by atoms with van der Waals surface area (Å²) in [6.45, 7) is 5.40. The SMILES string of the molecule is Cc1cc(NC(=O)CN2CCN(Cc3cccc(C(F)(F)F)c3)CC2)n(C)n1. The average Bonchev–Trinajstić information content (AvgIpc) is 2.93. The summed E-state index contributed by atoms with van der Waals surface area (Å²) in [5.74, 6) is 0.556. The molecule has 0 aliphatic carbocycles. The van der Waals surface area contributed by atoms with E-state index in [9.17, 15) is 18.0 Å². The zero-order valence-corrected chi connectivity index (χ0v) is 16.0. The standard InChI is InChI=1S/C19H24F3N5O/c1-14-10-17(25(2)24-14)23-18(28)13-27-8-6-26(7-9-27)12-15-4-3-5-16(11-15)19(20,21)22/h3-5,10-11H,6-9,12-13H2,1-2H3,(H,23,28). The third-order valence-electron chi connectivity index (χ3n) is 4.76. The molecule has 1 aliphatic rings. The molecule has 1 amide bonds. The molecule has 1 aromatic carbocycles. The maximum absolute atomic E-state index is 12.8. The molecule has 6 nitrogen and oxygen atoms in total. The van der Waals surface area contributed by atoms with E-state index in [1.807, 2.05) is 17.9 Å². The Morgan fingerprint density at radius 3 is 2.43 bits per heavy atom. The molecule has 9 heteroatoms. The van der Waals surface area contributed by atoms with Crippen molar-refractivity contribution in [1.29, 1.82) is 0 Å². The second-order valence-electron chi connectivity index (χ2n) is 7.09. The van der Waals surface area contributed by atoms with Gasteiger partial charge in [-0.25, -0.2) is 0 Å². The average molecular weight is 395 g/mol. The minimum absolute atomic E-state index is 0.102. The van der Waals surface area contributed by atoms with Crippen molar-refractivity contribution in [2.75, 3.05) is 38.0 Å². The Labute approximate surface area is 161 Å². The van der Waals surface area contributed by atoms with Gasteiger partial charge in [-0.15, -0.1) is 0 Å². The van der Waals surface area contributed by atoms with E-state index in [0.717, 1.165) is 11.8 Å². The molecular weight excluding hydrogens is 371 g/mol. The Morgan fingerprint density at radius 1 is 1.14 bits per heavy atom. The van der Waals surface area contributed by atoms with Gasteiger partial charge < -0.3 is 5.32 Å². The molecule has 0 bridgehead atoms. The van der Waals surface area contributed by atoms with Crippen LogP contribution in [0, 0.1) is 6.92 Å². The molecule has 1 fully saturated rings. The fourth-order valence-corrected chi connectivity index (χ4v) is 3.32. The van der Waals surface area contributed by atoms with Gasteiger partial charge in [0, 0.05) is 45.8 Å². The first-order valence-corrected chi connectivity index (χ1v) is 9.12. The summed E-state index contributed by atoms with van der Waals surface area (Å²) in [5, 5.41) is 7.04. The van der Waals surface area contributed by atoms with Crippen molar-refractivity contribution >= 4 is 11.7 Å². The highest BCUT2D eigenvalue weighted by Crippen LogP contribution is 2.29. The number of anilines is 1. The zero-order chi connectivity index (χ0) is 20.3. The highest BCUT2D eigenvalue weighted by molar-refractivity contribution is 5.91. The molecule has 0 saturated carbocycles. The highest BCUT2D eigenvalue weighted by Gasteiger charge is 2.30. The van der Waals surface area contributed by atoms with Crippen molar-refractivity contribution in [1.82, 2.24) is 19.6 Å². The summed E-state index contributed by atoms with van der Waals surface area (Å²) < 4.78 is 40.1. The topological polar surface area (TPSA) is 53.4 Å². The summed E-state index contributed by atoms with van der Waals surface area (Å²) in [7, 11) is 1.77. The number of carbonyl (C=O) groups excluding carboxylic acids is 1. The van der Waals surface area contributed by atoms with Gasteiger partial charge >= 0.3 is 6.18 Å². The lowest BCUT2D eigenvalue weighted by Gasteiger charge is -2.34. The van der Waals surface area contributed by atoms with E-state index in [1.165, 1.54) is 12.1 Å². The number of hydrogen-bond donors (Lipinski definition) is 1. The molecule has 0 spiro atoms. The number of piperazine rings is 1. The van der Waals surface area contributed by atoms with E-state index in [2.05, 4.69) is 15.3 Å². The van der Waals surface area contributed by atoms with E-state index >= 15 is 0 Å². The van der Waals surface area contributed by atoms with Crippen LogP contribution in [-0.2, 0) is 24.6 Å². The van der Waals surface area contributed by atoms with E-state index < -0.39 is 11.7 Å². The van der Waals surface area contributed by atoms with Crippen LogP contribution in [0.4, 0.5) is 19.0 Å². The maximum Gasteiger partial charge on any atom is 0.416 e. The molecule has 2 aromatic rings. The minimum Gasteiger partial charge on any atom is -0.310 e. The number of alkyl halides is 3. The number of hydrogen-bond acceptors (Lipinski definition) is 4. The predicted molar refractivity (Wildman–Crippen MR) is 99.7 cm³/mol. The van der Waals surface area contributed by atoms with Crippen LogP contribution < -0.4 is 5.32 Å². The van der Waals surface area contributed by atoms with Crippen molar-refractivity contribution in [3.63, 3.8) is 0 Å². The maximum atomic E-state index is 12.8. The second kappa shape index (κ2) is 8.32.